The smallest absolute Gasteiger partial charge is 0.312 e. The van der Waals surface area contributed by atoms with Crippen LogP contribution in [0.1, 0.15) is 25.1 Å². The van der Waals surface area contributed by atoms with Crippen LogP contribution in [0.4, 0.5) is 5.69 Å². The van der Waals surface area contributed by atoms with Gasteiger partial charge in [-0.3, -0.25) is 9.59 Å². The van der Waals surface area contributed by atoms with Crippen LogP contribution in [0, 0.1) is 0 Å². The maximum atomic E-state index is 12.2. The van der Waals surface area contributed by atoms with E-state index in [9.17, 15) is 9.59 Å². The van der Waals surface area contributed by atoms with Crippen molar-refractivity contribution in [1.29, 1.82) is 0 Å². The first-order valence-electron chi connectivity index (χ1n) is 8.62. The van der Waals surface area contributed by atoms with Crippen LogP contribution in [0.2, 0.25) is 0 Å². The number of esters is 1. The molecular formula is C20H20N2O3S2. The number of thiophene rings is 1. The number of rotatable bonds is 7. The predicted octanol–water partition coefficient (Wildman–Crippen LogP) is 4.55. The highest BCUT2D eigenvalue weighted by Gasteiger charge is 2.19. The van der Waals surface area contributed by atoms with Gasteiger partial charge in [0.05, 0.1) is 17.0 Å². The molecular weight excluding hydrogens is 380 g/mol. The van der Waals surface area contributed by atoms with Crippen LogP contribution >= 0.6 is 22.7 Å². The largest absolute Gasteiger partial charge is 0.452 e. The Kier molecular flexibility index (Phi) is 6.36. The summed E-state index contributed by atoms with van der Waals surface area (Å²) in [5, 5.41) is 7.47. The Balaban J connectivity index is 1.51. The minimum Gasteiger partial charge on any atom is -0.452 e. The Bertz CT molecular complexity index is 902. The highest BCUT2D eigenvalue weighted by atomic mass is 32.1. The van der Waals surface area contributed by atoms with Gasteiger partial charge in [0.15, 0.2) is 6.10 Å². The zero-order chi connectivity index (χ0) is 19.2. The maximum absolute atomic E-state index is 12.2. The zero-order valence-electron chi connectivity index (χ0n) is 15.1. The van der Waals surface area contributed by atoms with Crippen molar-refractivity contribution in [2.24, 2.45) is 0 Å². The van der Waals surface area contributed by atoms with Gasteiger partial charge in [0.25, 0.3) is 5.91 Å². The molecule has 2 aromatic heterocycles. The van der Waals surface area contributed by atoms with Crippen molar-refractivity contribution in [3.8, 4) is 9.88 Å². The van der Waals surface area contributed by atoms with E-state index in [4.69, 9.17) is 4.74 Å². The minimum absolute atomic E-state index is 0.0463. The van der Waals surface area contributed by atoms with E-state index in [0.29, 0.717) is 11.4 Å². The molecule has 0 saturated heterocycles. The van der Waals surface area contributed by atoms with Crippen molar-refractivity contribution in [3.05, 3.63) is 58.4 Å². The number of aryl methyl sites for hydroxylation is 1. The normalized spacial score (nSPS) is 11.8. The lowest BCUT2D eigenvalue weighted by molar-refractivity contribution is -0.152. The van der Waals surface area contributed by atoms with Crippen molar-refractivity contribution in [1.82, 2.24) is 4.98 Å². The molecule has 0 radical (unpaired) electrons. The summed E-state index contributed by atoms with van der Waals surface area (Å²) >= 11 is 3.10. The predicted molar refractivity (Wildman–Crippen MR) is 109 cm³/mol. The standard InChI is InChI=1S/C20H20N2O3S2/c1-3-14-6-8-15(9-7-14)21-19(24)13(2)25-18(23)11-16-12-27-20(22-16)17-5-4-10-26-17/h4-10,12-13H,3,11H2,1-2H3,(H,21,24)/t13-/m0/s1. The average molecular weight is 401 g/mol. The Morgan fingerprint density at radius 3 is 2.63 bits per heavy atom. The summed E-state index contributed by atoms with van der Waals surface area (Å²) in [6.07, 6.45) is 0.108. The molecule has 1 aromatic carbocycles. The molecule has 1 atom stereocenters. The second-order valence-electron chi connectivity index (χ2n) is 5.97. The molecule has 2 heterocycles. The molecule has 0 aliphatic carbocycles. The van der Waals surface area contributed by atoms with Gasteiger partial charge < -0.3 is 10.1 Å². The van der Waals surface area contributed by atoms with Crippen LogP contribution in [0.5, 0.6) is 0 Å². The molecule has 3 rings (SSSR count). The first-order valence-corrected chi connectivity index (χ1v) is 10.4. The molecule has 0 aliphatic rings. The van der Waals surface area contributed by atoms with Crippen LogP contribution < -0.4 is 5.32 Å². The molecule has 0 spiro atoms. The summed E-state index contributed by atoms with van der Waals surface area (Å²) in [4.78, 5) is 29.9. The van der Waals surface area contributed by atoms with E-state index >= 15 is 0 Å². The topological polar surface area (TPSA) is 68.3 Å². The second-order valence-corrected chi connectivity index (χ2v) is 7.78. The average Bonchev–Trinajstić information content (AvgIpc) is 3.33. The van der Waals surface area contributed by atoms with Crippen molar-refractivity contribution in [3.63, 3.8) is 0 Å². The molecule has 0 bridgehead atoms. The third kappa shape index (κ3) is 5.24. The Morgan fingerprint density at radius 2 is 1.96 bits per heavy atom. The van der Waals surface area contributed by atoms with Crippen molar-refractivity contribution in [2.75, 3.05) is 5.32 Å². The quantitative estimate of drug-likeness (QED) is 0.591. The van der Waals surface area contributed by atoms with Gasteiger partial charge in [-0.1, -0.05) is 25.1 Å². The minimum atomic E-state index is -0.876. The summed E-state index contributed by atoms with van der Waals surface area (Å²) in [6.45, 7) is 3.63. The Hall–Kier alpha value is -2.51. The van der Waals surface area contributed by atoms with E-state index in [1.54, 1.807) is 18.3 Å². The second kappa shape index (κ2) is 8.92. The molecule has 27 heavy (non-hydrogen) atoms. The molecule has 0 aliphatic heterocycles. The van der Waals surface area contributed by atoms with E-state index < -0.39 is 12.1 Å². The van der Waals surface area contributed by atoms with Gasteiger partial charge in [-0.15, -0.1) is 22.7 Å². The third-order valence-corrected chi connectivity index (χ3v) is 5.85. The van der Waals surface area contributed by atoms with E-state index in [2.05, 4.69) is 17.2 Å². The first kappa shape index (κ1) is 19.3. The monoisotopic (exact) mass is 400 g/mol. The van der Waals surface area contributed by atoms with Crippen molar-refractivity contribution >= 4 is 40.2 Å². The number of carbonyl (C=O) groups excluding carboxylic acids is 2. The van der Waals surface area contributed by atoms with Crippen LogP contribution in [0.25, 0.3) is 9.88 Å². The lowest BCUT2D eigenvalue weighted by atomic mass is 10.1. The number of anilines is 1. The number of aromatic nitrogens is 1. The number of ether oxygens (including phenoxy) is 1. The number of nitrogens with zero attached hydrogens (tertiary/aromatic N) is 1. The summed E-state index contributed by atoms with van der Waals surface area (Å²) < 4.78 is 5.25. The molecule has 5 nitrogen and oxygen atoms in total. The lowest BCUT2D eigenvalue weighted by Crippen LogP contribution is -2.30. The van der Waals surface area contributed by atoms with Crippen LogP contribution in [-0.4, -0.2) is 23.0 Å². The summed E-state index contributed by atoms with van der Waals surface area (Å²) in [7, 11) is 0. The molecule has 0 saturated carbocycles. The fraction of sp³-hybridized carbons (Fsp3) is 0.250. The first-order chi connectivity index (χ1) is 13.0. The molecule has 140 valence electrons. The molecule has 1 amide bonds. The van der Waals surface area contributed by atoms with E-state index in [1.807, 2.05) is 47.2 Å². The van der Waals surface area contributed by atoms with Gasteiger partial charge >= 0.3 is 5.97 Å². The van der Waals surface area contributed by atoms with Crippen LogP contribution in [-0.2, 0) is 27.2 Å². The highest BCUT2D eigenvalue weighted by molar-refractivity contribution is 7.20. The number of amides is 1. The number of carbonyl (C=O) groups is 2. The SMILES string of the molecule is CCc1ccc(NC(=O)[C@H](C)OC(=O)Cc2csc(-c3cccs3)n2)cc1. The summed E-state index contributed by atoms with van der Waals surface area (Å²) in [5.41, 5.74) is 2.52. The van der Waals surface area contributed by atoms with Gasteiger partial charge in [0, 0.05) is 11.1 Å². The molecule has 7 heteroatoms. The highest BCUT2D eigenvalue weighted by Crippen LogP contribution is 2.28. The van der Waals surface area contributed by atoms with Crippen molar-refractivity contribution < 1.29 is 14.3 Å². The van der Waals surface area contributed by atoms with Gasteiger partial charge in [-0.25, -0.2) is 4.98 Å². The fourth-order valence-corrected chi connectivity index (χ4v) is 4.04. The Labute approximate surface area is 166 Å². The van der Waals surface area contributed by atoms with Gasteiger partial charge in [-0.2, -0.15) is 0 Å². The van der Waals surface area contributed by atoms with Gasteiger partial charge in [0.2, 0.25) is 0 Å². The summed E-state index contributed by atoms with van der Waals surface area (Å²) in [5.74, 6) is -0.827. The zero-order valence-corrected chi connectivity index (χ0v) is 16.7. The van der Waals surface area contributed by atoms with Gasteiger partial charge in [-0.05, 0) is 42.5 Å². The molecule has 3 aromatic rings. The third-order valence-electron chi connectivity index (χ3n) is 3.92. The fourth-order valence-electron chi connectivity index (χ4n) is 2.41. The van der Waals surface area contributed by atoms with E-state index in [1.165, 1.54) is 16.9 Å². The number of benzene rings is 1. The van der Waals surface area contributed by atoms with E-state index in [-0.39, 0.29) is 12.3 Å². The van der Waals surface area contributed by atoms with Crippen LogP contribution in [0.15, 0.2) is 47.2 Å². The van der Waals surface area contributed by atoms with Crippen LogP contribution in [0.3, 0.4) is 0 Å². The lowest BCUT2D eigenvalue weighted by Gasteiger charge is -2.13. The molecule has 1 N–H and O–H groups in total. The number of nitrogens with one attached hydrogen (secondary N) is 1. The number of hydrogen-bond donors (Lipinski definition) is 1. The Morgan fingerprint density at radius 1 is 1.19 bits per heavy atom. The maximum Gasteiger partial charge on any atom is 0.312 e. The van der Waals surface area contributed by atoms with Gasteiger partial charge in [0.1, 0.15) is 5.01 Å². The number of hydrogen-bond acceptors (Lipinski definition) is 6. The molecule has 0 fully saturated rings. The molecule has 0 unspecified atom stereocenters. The van der Waals surface area contributed by atoms with E-state index in [0.717, 1.165) is 16.3 Å². The van der Waals surface area contributed by atoms with Crippen molar-refractivity contribution in [2.45, 2.75) is 32.8 Å². The number of thiazole rings is 1. The summed E-state index contributed by atoms with van der Waals surface area (Å²) in [6, 6.07) is 11.6.